The summed E-state index contributed by atoms with van der Waals surface area (Å²) in [5.74, 6) is 0.220. The molecule has 2 nitrogen and oxygen atoms in total. The van der Waals surface area contributed by atoms with Crippen LogP contribution in [0.15, 0.2) is 28.7 Å². The maximum Gasteiger partial charge on any atom is 0.236 e. The number of hydrogen-bond donors (Lipinski definition) is 1. The van der Waals surface area contributed by atoms with Gasteiger partial charge in [0.05, 0.1) is 5.75 Å². The van der Waals surface area contributed by atoms with Gasteiger partial charge in [-0.05, 0) is 24.3 Å². The Morgan fingerprint density at radius 2 is 2.00 bits per heavy atom. The van der Waals surface area contributed by atoms with Crippen molar-refractivity contribution in [3.05, 3.63) is 28.7 Å². The van der Waals surface area contributed by atoms with Gasteiger partial charge in [0.1, 0.15) is 0 Å². The molecule has 0 fully saturated rings. The molecule has 0 aliphatic carbocycles. The quantitative estimate of drug-likeness (QED) is 0.809. The summed E-state index contributed by atoms with van der Waals surface area (Å²) in [5, 5.41) is 0. The molecule has 0 aliphatic heterocycles. The molecule has 1 aromatic carbocycles. The van der Waals surface area contributed by atoms with Crippen LogP contribution in [0, 0.1) is 0 Å². The number of thiol groups is 1. The number of carbonyl (C=O) groups excluding carboxylic acids is 1. The Morgan fingerprint density at radius 1 is 1.46 bits per heavy atom. The molecule has 0 aliphatic rings. The molecule has 1 amide bonds. The van der Waals surface area contributed by atoms with Gasteiger partial charge in [0.25, 0.3) is 0 Å². The molecule has 1 rings (SSSR count). The van der Waals surface area contributed by atoms with Gasteiger partial charge in [0.15, 0.2) is 0 Å². The summed E-state index contributed by atoms with van der Waals surface area (Å²) in [6, 6.07) is 7.56. The van der Waals surface area contributed by atoms with E-state index in [0.29, 0.717) is 0 Å². The average molecular weight is 260 g/mol. The number of nitrogens with zero attached hydrogens (tertiary/aromatic N) is 1. The molecule has 0 radical (unpaired) electrons. The Bertz CT molecular complexity index is 299. The summed E-state index contributed by atoms with van der Waals surface area (Å²) in [6.45, 7) is 0. The molecule has 70 valence electrons. The third kappa shape index (κ3) is 2.74. The van der Waals surface area contributed by atoms with Crippen LogP contribution in [-0.4, -0.2) is 18.7 Å². The highest BCUT2D eigenvalue weighted by molar-refractivity contribution is 9.10. The second-order valence-corrected chi connectivity index (χ2v) is 3.82. The van der Waals surface area contributed by atoms with Crippen LogP contribution in [0.1, 0.15) is 0 Å². The van der Waals surface area contributed by atoms with Crippen LogP contribution < -0.4 is 4.90 Å². The van der Waals surface area contributed by atoms with Crippen LogP contribution in [0.2, 0.25) is 0 Å². The van der Waals surface area contributed by atoms with E-state index in [4.69, 9.17) is 0 Å². The van der Waals surface area contributed by atoms with Crippen molar-refractivity contribution in [3.63, 3.8) is 0 Å². The summed E-state index contributed by atoms with van der Waals surface area (Å²) < 4.78 is 1.00. The lowest BCUT2D eigenvalue weighted by atomic mass is 10.3. The summed E-state index contributed by atoms with van der Waals surface area (Å²) in [5.41, 5.74) is 0.877. The molecule has 0 heterocycles. The van der Waals surface area contributed by atoms with Gasteiger partial charge >= 0.3 is 0 Å². The smallest absolute Gasteiger partial charge is 0.236 e. The first kappa shape index (κ1) is 10.6. The number of carbonyl (C=O) groups is 1. The second-order valence-electron chi connectivity index (χ2n) is 2.59. The van der Waals surface area contributed by atoms with Gasteiger partial charge in [-0.3, -0.25) is 4.79 Å². The van der Waals surface area contributed by atoms with Crippen molar-refractivity contribution in [2.24, 2.45) is 0 Å². The van der Waals surface area contributed by atoms with E-state index in [-0.39, 0.29) is 11.7 Å². The van der Waals surface area contributed by atoms with Crippen molar-refractivity contribution < 1.29 is 4.79 Å². The SMILES string of the molecule is CN(C(=O)CS)c1ccc(Br)cc1. The van der Waals surface area contributed by atoms with Gasteiger partial charge in [-0.15, -0.1) is 0 Å². The number of amides is 1. The monoisotopic (exact) mass is 259 g/mol. The Labute approximate surface area is 91.5 Å². The van der Waals surface area contributed by atoms with E-state index in [2.05, 4.69) is 28.6 Å². The van der Waals surface area contributed by atoms with Crippen molar-refractivity contribution in [1.29, 1.82) is 0 Å². The predicted molar refractivity (Wildman–Crippen MR) is 61.4 cm³/mol. The van der Waals surface area contributed by atoms with E-state index >= 15 is 0 Å². The first-order chi connectivity index (χ1) is 6.15. The number of anilines is 1. The average Bonchev–Trinajstić information content (AvgIpc) is 2.17. The van der Waals surface area contributed by atoms with Crippen LogP contribution in [0.25, 0.3) is 0 Å². The van der Waals surface area contributed by atoms with Crippen LogP contribution in [0.4, 0.5) is 5.69 Å². The first-order valence-electron chi connectivity index (χ1n) is 3.78. The topological polar surface area (TPSA) is 20.3 Å². The van der Waals surface area contributed by atoms with Crippen molar-refractivity contribution >= 4 is 40.2 Å². The van der Waals surface area contributed by atoms with Gasteiger partial charge < -0.3 is 4.90 Å². The minimum atomic E-state index is -0.00865. The molecule has 0 bridgehead atoms. The van der Waals surface area contributed by atoms with E-state index in [1.807, 2.05) is 24.3 Å². The number of benzene rings is 1. The highest BCUT2D eigenvalue weighted by atomic mass is 79.9. The molecular weight excluding hydrogens is 250 g/mol. The fourth-order valence-electron chi connectivity index (χ4n) is 0.915. The third-order valence-electron chi connectivity index (χ3n) is 1.72. The first-order valence-corrected chi connectivity index (χ1v) is 5.20. The minimum Gasteiger partial charge on any atom is -0.315 e. The van der Waals surface area contributed by atoms with E-state index in [1.54, 1.807) is 11.9 Å². The van der Waals surface area contributed by atoms with Crippen molar-refractivity contribution in [2.75, 3.05) is 17.7 Å². The van der Waals surface area contributed by atoms with Gasteiger partial charge in [-0.25, -0.2) is 0 Å². The summed E-state index contributed by atoms with van der Waals surface area (Å²) in [7, 11) is 1.74. The Morgan fingerprint density at radius 3 is 2.46 bits per heavy atom. The highest BCUT2D eigenvalue weighted by Crippen LogP contribution is 2.17. The molecule has 4 heteroatoms. The fraction of sp³-hybridized carbons (Fsp3) is 0.222. The Balaban J connectivity index is 2.83. The van der Waals surface area contributed by atoms with Crippen molar-refractivity contribution in [1.82, 2.24) is 0 Å². The summed E-state index contributed by atoms with van der Waals surface area (Å²) >= 11 is 7.26. The number of hydrogen-bond acceptors (Lipinski definition) is 2. The standard InChI is InChI=1S/C9H10BrNOS/c1-11(9(12)6-13)8-4-2-7(10)3-5-8/h2-5,13H,6H2,1H3. The van der Waals surface area contributed by atoms with Crippen molar-refractivity contribution in [3.8, 4) is 0 Å². The van der Waals surface area contributed by atoms with Gasteiger partial charge in [0.2, 0.25) is 5.91 Å². The zero-order valence-electron chi connectivity index (χ0n) is 7.20. The molecule has 0 saturated heterocycles. The van der Waals surface area contributed by atoms with E-state index in [9.17, 15) is 4.79 Å². The third-order valence-corrected chi connectivity index (χ3v) is 2.52. The normalized spacial score (nSPS) is 9.77. The predicted octanol–water partition coefficient (Wildman–Crippen LogP) is 2.34. The number of rotatable bonds is 2. The lowest BCUT2D eigenvalue weighted by molar-refractivity contribution is -0.115. The summed E-state index contributed by atoms with van der Waals surface area (Å²) in [4.78, 5) is 12.8. The Kier molecular flexibility index (Phi) is 3.81. The van der Waals surface area contributed by atoms with Crippen LogP contribution in [0.5, 0.6) is 0 Å². The van der Waals surface area contributed by atoms with E-state index < -0.39 is 0 Å². The molecule has 0 spiro atoms. The summed E-state index contributed by atoms with van der Waals surface area (Å²) in [6.07, 6.45) is 0. The van der Waals surface area contributed by atoms with Crippen LogP contribution in [0.3, 0.4) is 0 Å². The molecule has 0 unspecified atom stereocenters. The maximum absolute atomic E-state index is 11.2. The van der Waals surface area contributed by atoms with Crippen LogP contribution >= 0.6 is 28.6 Å². The highest BCUT2D eigenvalue weighted by Gasteiger charge is 2.07. The van der Waals surface area contributed by atoms with Gasteiger partial charge in [-0.1, -0.05) is 15.9 Å². The van der Waals surface area contributed by atoms with Crippen molar-refractivity contribution in [2.45, 2.75) is 0 Å². The zero-order valence-corrected chi connectivity index (χ0v) is 9.68. The van der Waals surface area contributed by atoms with Gasteiger partial charge in [-0.2, -0.15) is 12.6 Å². The minimum absolute atomic E-state index is 0.00865. The molecule has 0 N–H and O–H groups in total. The molecule has 13 heavy (non-hydrogen) atoms. The largest absolute Gasteiger partial charge is 0.315 e. The van der Waals surface area contributed by atoms with E-state index in [1.165, 1.54) is 0 Å². The fourth-order valence-corrected chi connectivity index (χ4v) is 1.39. The van der Waals surface area contributed by atoms with Crippen LogP contribution in [-0.2, 0) is 4.79 Å². The van der Waals surface area contributed by atoms with E-state index in [0.717, 1.165) is 10.2 Å². The molecule has 0 saturated carbocycles. The lowest BCUT2D eigenvalue weighted by Crippen LogP contribution is -2.27. The maximum atomic E-state index is 11.2. The lowest BCUT2D eigenvalue weighted by Gasteiger charge is -2.15. The molecule has 1 aromatic rings. The number of halogens is 1. The van der Waals surface area contributed by atoms with Gasteiger partial charge in [0, 0.05) is 17.2 Å². The second kappa shape index (κ2) is 4.67. The zero-order chi connectivity index (χ0) is 9.84. The molecule has 0 aromatic heterocycles. The molecule has 0 atom stereocenters. The molecular formula is C9H10BrNOS. The Hall–Kier alpha value is -0.480.